The van der Waals surface area contributed by atoms with Gasteiger partial charge in [0, 0.05) is 23.6 Å². The summed E-state index contributed by atoms with van der Waals surface area (Å²) in [6, 6.07) is 0.203. The van der Waals surface area contributed by atoms with Gasteiger partial charge in [0.2, 0.25) is 5.91 Å². The summed E-state index contributed by atoms with van der Waals surface area (Å²) in [5.74, 6) is -4.93. The number of aromatic amines is 1. The Morgan fingerprint density at radius 2 is 1.93 bits per heavy atom. The molecule has 3 N–H and O–H groups in total. The molecule has 12 heteroatoms. The van der Waals surface area contributed by atoms with Crippen LogP contribution in [0.3, 0.4) is 0 Å². The van der Waals surface area contributed by atoms with Gasteiger partial charge in [0.1, 0.15) is 12.4 Å². The summed E-state index contributed by atoms with van der Waals surface area (Å²) in [6.07, 6.45) is -5.05. The molecule has 1 aliphatic heterocycles. The number of amides is 1. The Balaban J connectivity index is 1.63. The fraction of sp³-hybridized carbons (Fsp3) is 0.438. The van der Waals surface area contributed by atoms with Gasteiger partial charge in [-0.1, -0.05) is 0 Å². The van der Waals surface area contributed by atoms with E-state index in [1.54, 1.807) is 0 Å². The number of nitrogens with zero attached hydrogens (tertiary/aromatic N) is 3. The summed E-state index contributed by atoms with van der Waals surface area (Å²) in [5.41, 5.74) is 5.65. The van der Waals surface area contributed by atoms with Crippen LogP contribution in [-0.2, 0) is 30.5 Å². The van der Waals surface area contributed by atoms with Gasteiger partial charge in [0.15, 0.2) is 11.6 Å². The van der Waals surface area contributed by atoms with Gasteiger partial charge in [-0.3, -0.25) is 4.79 Å². The second kappa shape index (κ2) is 7.41. The van der Waals surface area contributed by atoms with E-state index >= 15 is 0 Å². The molecule has 3 rings (SSSR count). The highest BCUT2D eigenvalue weighted by atomic mass is 19.4. The molecule has 0 radical (unpaired) electrons. The molecule has 1 aliphatic rings. The third-order valence-electron chi connectivity index (χ3n) is 4.42. The first-order valence-electron chi connectivity index (χ1n) is 8.27. The Morgan fingerprint density at radius 1 is 1.25 bits per heavy atom. The summed E-state index contributed by atoms with van der Waals surface area (Å²) in [6.45, 7) is -0.195. The van der Waals surface area contributed by atoms with Crippen LogP contribution in [0.5, 0.6) is 0 Å². The minimum Gasteiger partial charge on any atom is -0.329 e. The van der Waals surface area contributed by atoms with Crippen molar-refractivity contribution in [2.24, 2.45) is 5.73 Å². The number of benzene rings is 1. The lowest BCUT2D eigenvalue weighted by Crippen LogP contribution is -2.54. The Hall–Kier alpha value is -2.63. The van der Waals surface area contributed by atoms with Crippen molar-refractivity contribution in [1.82, 2.24) is 15.1 Å². The summed E-state index contributed by atoms with van der Waals surface area (Å²) in [7, 11) is 0. The number of halogens is 6. The van der Waals surface area contributed by atoms with Gasteiger partial charge in [-0.2, -0.15) is 13.2 Å². The molecule has 1 amide bonds. The van der Waals surface area contributed by atoms with Gasteiger partial charge in [-0.15, -0.1) is 5.10 Å². The molecular formula is C16H16F6N5O+. The number of alkyl halides is 3. The van der Waals surface area contributed by atoms with Gasteiger partial charge >= 0.3 is 12.0 Å². The van der Waals surface area contributed by atoms with Crippen molar-refractivity contribution in [2.75, 3.05) is 6.54 Å². The van der Waals surface area contributed by atoms with Crippen LogP contribution in [0.2, 0.25) is 0 Å². The predicted octanol–water partition coefficient (Wildman–Crippen LogP) is 1.44. The maximum atomic E-state index is 13.7. The predicted molar refractivity (Wildman–Crippen MR) is 81.8 cm³/mol. The standard InChI is InChI=1S/C16H15F6N5O/c17-10-6-12(19)11(18)4-8(10)3-9(23)5-14(28)26-1-2-27-13(7-26)24-25-15(27)16(20,21)22/h4,6,9H,1-3,5,7,23H2/p+1. The molecule has 28 heavy (non-hydrogen) atoms. The molecule has 1 atom stereocenters. The van der Waals surface area contributed by atoms with Crippen molar-refractivity contribution in [2.45, 2.75) is 38.1 Å². The van der Waals surface area contributed by atoms with E-state index in [1.807, 2.05) is 0 Å². The van der Waals surface area contributed by atoms with Crippen molar-refractivity contribution in [3.63, 3.8) is 0 Å². The fourth-order valence-corrected chi connectivity index (χ4v) is 3.07. The van der Waals surface area contributed by atoms with Crippen molar-refractivity contribution < 1.29 is 35.7 Å². The number of carbonyl (C=O) groups is 1. The first kappa shape index (κ1) is 20.1. The Kier molecular flexibility index (Phi) is 5.33. The van der Waals surface area contributed by atoms with E-state index in [4.69, 9.17) is 5.73 Å². The van der Waals surface area contributed by atoms with Crippen molar-refractivity contribution in [3.05, 3.63) is 46.8 Å². The molecule has 0 saturated carbocycles. The van der Waals surface area contributed by atoms with Crippen LogP contribution in [0.25, 0.3) is 0 Å². The monoisotopic (exact) mass is 408 g/mol. The van der Waals surface area contributed by atoms with E-state index in [1.165, 1.54) is 4.90 Å². The SMILES string of the molecule is NC(CC(=O)N1CC[n+]2c(C(F)(F)F)n[nH]c2C1)Cc1cc(F)c(F)cc1F. The smallest absolute Gasteiger partial charge is 0.329 e. The van der Waals surface area contributed by atoms with Crippen LogP contribution in [0.1, 0.15) is 23.6 Å². The van der Waals surface area contributed by atoms with Gasteiger partial charge in [-0.25, -0.2) is 17.7 Å². The molecule has 152 valence electrons. The van der Waals surface area contributed by atoms with Crippen LogP contribution in [-0.4, -0.2) is 33.6 Å². The number of carbonyl (C=O) groups excluding carboxylic acids is 1. The van der Waals surface area contributed by atoms with Crippen LogP contribution in [0, 0.1) is 17.5 Å². The second-order valence-electron chi connectivity index (χ2n) is 6.48. The molecule has 2 aromatic rings. The first-order chi connectivity index (χ1) is 13.1. The molecule has 1 unspecified atom stereocenters. The van der Waals surface area contributed by atoms with E-state index in [2.05, 4.69) is 10.2 Å². The van der Waals surface area contributed by atoms with Crippen LogP contribution < -0.4 is 10.3 Å². The Labute approximate surface area is 154 Å². The molecule has 0 bridgehead atoms. The number of aromatic nitrogens is 3. The third kappa shape index (κ3) is 4.11. The van der Waals surface area contributed by atoms with Gasteiger partial charge in [-0.05, 0) is 18.1 Å². The number of rotatable bonds is 4. The Morgan fingerprint density at radius 3 is 2.61 bits per heavy atom. The van der Waals surface area contributed by atoms with Gasteiger partial charge < -0.3 is 10.6 Å². The minimum atomic E-state index is -4.61. The number of fused-ring (bicyclic) bond motifs is 1. The fourth-order valence-electron chi connectivity index (χ4n) is 3.07. The highest BCUT2D eigenvalue weighted by Gasteiger charge is 2.46. The van der Waals surface area contributed by atoms with Crippen LogP contribution in [0.4, 0.5) is 26.3 Å². The van der Waals surface area contributed by atoms with Crippen molar-refractivity contribution >= 4 is 5.91 Å². The minimum absolute atomic E-state index is 0.0192. The van der Waals surface area contributed by atoms with Crippen LogP contribution >= 0.6 is 0 Å². The molecule has 1 aromatic heterocycles. The van der Waals surface area contributed by atoms with Gasteiger partial charge in [0.05, 0.1) is 13.1 Å². The number of hydrogen-bond donors (Lipinski definition) is 2. The molecule has 1 aromatic carbocycles. The number of H-pyrrole nitrogens is 1. The molecular weight excluding hydrogens is 392 g/mol. The third-order valence-corrected chi connectivity index (χ3v) is 4.42. The lowest BCUT2D eigenvalue weighted by molar-refractivity contribution is -0.728. The molecule has 6 nitrogen and oxygen atoms in total. The van der Waals surface area contributed by atoms with Crippen molar-refractivity contribution in [1.29, 1.82) is 0 Å². The lowest BCUT2D eigenvalue weighted by atomic mass is 10.0. The zero-order chi connectivity index (χ0) is 20.6. The van der Waals surface area contributed by atoms with E-state index in [0.717, 1.165) is 4.57 Å². The number of hydrogen-bond acceptors (Lipinski definition) is 3. The van der Waals surface area contributed by atoms with E-state index in [9.17, 15) is 31.1 Å². The molecule has 0 aliphatic carbocycles. The summed E-state index contributed by atoms with van der Waals surface area (Å²) in [5, 5.41) is 5.52. The molecule has 2 heterocycles. The normalized spacial score (nSPS) is 15.5. The topological polar surface area (TPSA) is 78.9 Å². The molecule has 0 saturated heterocycles. The summed E-state index contributed by atoms with van der Waals surface area (Å²) < 4.78 is 79.4. The van der Waals surface area contributed by atoms with Gasteiger partial charge in [0.25, 0.3) is 5.82 Å². The zero-order valence-electron chi connectivity index (χ0n) is 14.4. The number of nitrogens with one attached hydrogen (secondary N) is 1. The molecule has 0 spiro atoms. The quantitative estimate of drug-likeness (QED) is 0.457. The average Bonchev–Trinajstić information content (AvgIpc) is 3.03. The van der Waals surface area contributed by atoms with E-state index in [-0.39, 0.29) is 43.9 Å². The average molecular weight is 408 g/mol. The maximum Gasteiger partial charge on any atom is 0.485 e. The summed E-state index contributed by atoms with van der Waals surface area (Å²) >= 11 is 0. The highest BCUT2D eigenvalue weighted by Crippen LogP contribution is 2.25. The first-order valence-corrected chi connectivity index (χ1v) is 8.27. The van der Waals surface area contributed by atoms with E-state index < -0.39 is 41.4 Å². The van der Waals surface area contributed by atoms with Crippen LogP contribution in [0.15, 0.2) is 12.1 Å². The maximum absolute atomic E-state index is 13.7. The lowest BCUT2D eigenvalue weighted by Gasteiger charge is -2.26. The summed E-state index contributed by atoms with van der Waals surface area (Å²) in [4.78, 5) is 13.7. The largest absolute Gasteiger partial charge is 0.485 e. The van der Waals surface area contributed by atoms with Crippen molar-refractivity contribution in [3.8, 4) is 0 Å². The number of nitrogens with two attached hydrogens (primary N) is 1. The zero-order valence-corrected chi connectivity index (χ0v) is 14.4. The second-order valence-corrected chi connectivity index (χ2v) is 6.48. The molecule has 0 fully saturated rings. The highest BCUT2D eigenvalue weighted by molar-refractivity contribution is 5.76. The van der Waals surface area contributed by atoms with E-state index in [0.29, 0.717) is 12.1 Å². The Bertz CT molecular complexity index is 896.